The van der Waals surface area contributed by atoms with Gasteiger partial charge in [-0.15, -0.1) is 0 Å². The lowest BCUT2D eigenvalue weighted by Gasteiger charge is -2.02. The second-order valence-corrected chi connectivity index (χ2v) is 2.33. The lowest BCUT2D eigenvalue weighted by atomic mass is 10.1. The number of carbonyl (C=O) groups excluding carboxylic acids is 1. The van der Waals surface area contributed by atoms with Gasteiger partial charge in [-0.3, -0.25) is 0 Å². The lowest BCUT2D eigenvalue weighted by Crippen LogP contribution is -2.04. The highest BCUT2D eigenvalue weighted by molar-refractivity contribution is 5.44. The third kappa shape index (κ3) is 15.6. The summed E-state index contributed by atoms with van der Waals surface area (Å²) in [6.07, 6.45) is 3.19. The average Bonchev–Trinajstić information content (AvgIpc) is 1.90. The van der Waals surface area contributed by atoms with E-state index in [0.29, 0.717) is 0 Å². The topological polar surface area (TPSA) is 43.1 Å². The van der Waals surface area contributed by atoms with Crippen LogP contribution in [0, 0.1) is 5.92 Å². The van der Waals surface area contributed by atoms with Gasteiger partial charge in [0.25, 0.3) is 0 Å². The summed E-state index contributed by atoms with van der Waals surface area (Å²) in [5, 5.41) is 0. The zero-order chi connectivity index (χ0) is 8.41. The third-order valence-electron chi connectivity index (χ3n) is 1.36. The molecular formula is C8H19NO. The molecule has 0 aliphatic rings. The van der Waals surface area contributed by atoms with Crippen LogP contribution < -0.4 is 5.73 Å². The van der Waals surface area contributed by atoms with Crippen LogP contribution in [0.1, 0.15) is 33.6 Å². The van der Waals surface area contributed by atoms with Gasteiger partial charge in [-0.2, -0.15) is 0 Å². The SMILES string of the molecule is CC=O.CCC(C)CCN. The molecule has 0 aliphatic heterocycles. The maximum absolute atomic E-state index is 8.81. The molecule has 0 radical (unpaired) electrons. The van der Waals surface area contributed by atoms with Crippen molar-refractivity contribution in [3.8, 4) is 0 Å². The second-order valence-electron chi connectivity index (χ2n) is 2.33. The highest BCUT2D eigenvalue weighted by Crippen LogP contribution is 2.02. The van der Waals surface area contributed by atoms with Gasteiger partial charge < -0.3 is 10.5 Å². The predicted molar refractivity (Wildman–Crippen MR) is 44.9 cm³/mol. The Balaban J connectivity index is 0. The quantitative estimate of drug-likeness (QED) is 0.613. The first kappa shape index (κ1) is 12.3. The van der Waals surface area contributed by atoms with E-state index in [1.807, 2.05) is 0 Å². The van der Waals surface area contributed by atoms with Crippen LogP contribution in [0.2, 0.25) is 0 Å². The van der Waals surface area contributed by atoms with Gasteiger partial charge in [0.15, 0.2) is 0 Å². The van der Waals surface area contributed by atoms with Crippen LogP contribution >= 0.6 is 0 Å². The molecule has 0 saturated carbocycles. The molecule has 0 saturated heterocycles. The minimum absolute atomic E-state index is 0.750. The van der Waals surface area contributed by atoms with Gasteiger partial charge in [0.1, 0.15) is 6.29 Å². The third-order valence-corrected chi connectivity index (χ3v) is 1.36. The van der Waals surface area contributed by atoms with Crippen molar-refractivity contribution in [3.05, 3.63) is 0 Å². The van der Waals surface area contributed by atoms with Gasteiger partial charge in [-0.25, -0.2) is 0 Å². The molecule has 2 N–H and O–H groups in total. The van der Waals surface area contributed by atoms with E-state index in [-0.39, 0.29) is 0 Å². The summed E-state index contributed by atoms with van der Waals surface area (Å²) in [5.41, 5.74) is 5.30. The van der Waals surface area contributed by atoms with E-state index in [1.165, 1.54) is 19.8 Å². The molecule has 0 aliphatic carbocycles. The minimum Gasteiger partial charge on any atom is -0.330 e. The van der Waals surface area contributed by atoms with Crippen molar-refractivity contribution in [3.63, 3.8) is 0 Å². The Labute approximate surface area is 63.8 Å². The van der Waals surface area contributed by atoms with Crippen molar-refractivity contribution in [1.29, 1.82) is 0 Å². The fourth-order valence-corrected chi connectivity index (χ4v) is 0.489. The van der Waals surface area contributed by atoms with E-state index in [0.717, 1.165) is 18.7 Å². The highest BCUT2D eigenvalue weighted by Gasteiger charge is 1.92. The van der Waals surface area contributed by atoms with Crippen LogP contribution in [0.15, 0.2) is 0 Å². The molecule has 2 heteroatoms. The van der Waals surface area contributed by atoms with Crippen molar-refractivity contribution < 1.29 is 4.79 Å². The Kier molecular flexibility index (Phi) is 14.1. The molecule has 0 aromatic carbocycles. The average molecular weight is 145 g/mol. The standard InChI is InChI=1S/C6H15N.C2H4O/c1-3-6(2)4-5-7;1-2-3/h6H,3-5,7H2,1-2H3;2H,1H3. The summed E-state index contributed by atoms with van der Waals surface area (Å²) >= 11 is 0. The summed E-state index contributed by atoms with van der Waals surface area (Å²) in [6.45, 7) is 6.71. The zero-order valence-corrected chi connectivity index (χ0v) is 7.26. The van der Waals surface area contributed by atoms with Gasteiger partial charge in [0, 0.05) is 0 Å². The number of aldehydes is 1. The predicted octanol–water partition coefficient (Wildman–Crippen LogP) is 1.59. The molecule has 0 fully saturated rings. The normalized spacial score (nSPS) is 11.2. The van der Waals surface area contributed by atoms with Crippen LogP contribution in [0.4, 0.5) is 0 Å². The monoisotopic (exact) mass is 145 g/mol. The van der Waals surface area contributed by atoms with E-state index >= 15 is 0 Å². The van der Waals surface area contributed by atoms with Gasteiger partial charge in [-0.1, -0.05) is 20.3 Å². The van der Waals surface area contributed by atoms with Gasteiger partial charge >= 0.3 is 0 Å². The Morgan fingerprint density at radius 2 is 2.00 bits per heavy atom. The Bertz CT molecular complexity index is 64.3. The number of carbonyl (C=O) groups is 1. The number of hydrogen-bond acceptors (Lipinski definition) is 2. The van der Waals surface area contributed by atoms with Crippen LogP contribution in [0.5, 0.6) is 0 Å². The Hall–Kier alpha value is -0.370. The summed E-state index contributed by atoms with van der Waals surface area (Å²) in [7, 11) is 0. The summed E-state index contributed by atoms with van der Waals surface area (Å²) in [5.74, 6) is 0.824. The van der Waals surface area contributed by atoms with E-state index in [1.54, 1.807) is 0 Å². The van der Waals surface area contributed by atoms with Crippen molar-refractivity contribution >= 4 is 6.29 Å². The molecule has 0 heterocycles. The van der Waals surface area contributed by atoms with Gasteiger partial charge in [0.2, 0.25) is 0 Å². The molecule has 1 unspecified atom stereocenters. The molecule has 0 rings (SSSR count). The van der Waals surface area contributed by atoms with Crippen molar-refractivity contribution in [1.82, 2.24) is 0 Å². The van der Waals surface area contributed by atoms with Crippen molar-refractivity contribution in [2.45, 2.75) is 33.6 Å². The lowest BCUT2D eigenvalue weighted by molar-refractivity contribution is -0.106. The second kappa shape index (κ2) is 11.4. The van der Waals surface area contributed by atoms with Gasteiger partial charge in [-0.05, 0) is 25.8 Å². The first-order valence-corrected chi connectivity index (χ1v) is 3.82. The van der Waals surface area contributed by atoms with Crippen LogP contribution in [-0.2, 0) is 4.79 Å². The summed E-state index contributed by atoms with van der Waals surface area (Å²) in [4.78, 5) is 8.81. The molecule has 0 aromatic heterocycles. The number of hydrogen-bond donors (Lipinski definition) is 1. The molecule has 0 amide bonds. The number of nitrogens with two attached hydrogens (primary N) is 1. The van der Waals surface area contributed by atoms with Crippen LogP contribution in [0.3, 0.4) is 0 Å². The first-order chi connectivity index (χ1) is 4.72. The fourth-order valence-electron chi connectivity index (χ4n) is 0.489. The van der Waals surface area contributed by atoms with E-state index < -0.39 is 0 Å². The zero-order valence-electron chi connectivity index (χ0n) is 7.26. The molecule has 0 aromatic rings. The van der Waals surface area contributed by atoms with Crippen molar-refractivity contribution in [2.75, 3.05) is 6.54 Å². The molecule has 1 atom stereocenters. The first-order valence-electron chi connectivity index (χ1n) is 3.82. The maximum atomic E-state index is 8.81. The molecule has 62 valence electrons. The molecule has 2 nitrogen and oxygen atoms in total. The summed E-state index contributed by atoms with van der Waals surface area (Å²) in [6, 6.07) is 0. The van der Waals surface area contributed by atoms with E-state index in [4.69, 9.17) is 10.5 Å². The Morgan fingerprint density at radius 1 is 1.60 bits per heavy atom. The number of rotatable bonds is 3. The molecule has 10 heavy (non-hydrogen) atoms. The smallest absolute Gasteiger partial charge is 0.116 e. The Morgan fingerprint density at radius 3 is 2.10 bits per heavy atom. The van der Waals surface area contributed by atoms with E-state index in [2.05, 4.69) is 13.8 Å². The maximum Gasteiger partial charge on any atom is 0.116 e. The van der Waals surface area contributed by atoms with Gasteiger partial charge in [0.05, 0.1) is 0 Å². The fraction of sp³-hybridized carbons (Fsp3) is 0.875. The molecular weight excluding hydrogens is 126 g/mol. The van der Waals surface area contributed by atoms with Crippen molar-refractivity contribution in [2.24, 2.45) is 11.7 Å². The minimum atomic E-state index is 0.750. The summed E-state index contributed by atoms with van der Waals surface area (Å²) < 4.78 is 0. The van der Waals surface area contributed by atoms with Crippen LogP contribution in [0.25, 0.3) is 0 Å². The molecule has 0 bridgehead atoms. The highest BCUT2D eigenvalue weighted by atomic mass is 16.1. The van der Waals surface area contributed by atoms with Crippen LogP contribution in [-0.4, -0.2) is 12.8 Å². The van der Waals surface area contributed by atoms with E-state index in [9.17, 15) is 0 Å². The largest absolute Gasteiger partial charge is 0.330 e. The molecule has 0 spiro atoms.